The lowest BCUT2D eigenvalue weighted by Crippen LogP contribution is -2.40. The van der Waals surface area contributed by atoms with Crippen molar-refractivity contribution < 1.29 is 4.79 Å². The predicted octanol–water partition coefficient (Wildman–Crippen LogP) is 2.46. The van der Waals surface area contributed by atoms with Gasteiger partial charge >= 0.3 is 0 Å². The third-order valence-electron chi connectivity index (χ3n) is 2.72. The van der Waals surface area contributed by atoms with Crippen LogP contribution in [0.25, 0.3) is 0 Å². The van der Waals surface area contributed by atoms with Gasteiger partial charge in [0.2, 0.25) is 5.91 Å². The van der Waals surface area contributed by atoms with Gasteiger partial charge in [-0.25, -0.2) is 0 Å². The number of amides is 1. The Morgan fingerprint density at radius 2 is 1.92 bits per heavy atom. The first-order chi connectivity index (χ1) is 6.09. The molecule has 1 rings (SSSR count). The minimum atomic E-state index is -0.0631. The van der Waals surface area contributed by atoms with Gasteiger partial charge in [-0.15, -0.1) is 0 Å². The molecule has 1 unspecified atom stereocenters. The van der Waals surface area contributed by atoms with Crippen LogP contribution in [0.4, 0.5) is 0 Å². The van der Waals surface area contributed by atoms with Crippen molar-refractivity contribution in [3.63, 3.8) is 0 Å². The van der Waals surface area contributed by atoms with E-state index in [1.807, 2.05) is 6.92 Å². The molecule has 1 amide bonds. The van der Waals surface area contributed by atoms with Crippen molar-refractivity contribution in [3.05, 3.63) is 0 Å². The second-order valence-corrected chi connectivity index (χ2v) is 5.45. The first-order valence-electron chi connectivity index (χ1n) is 5.04. The van der Waals surface area contributed by atoms with Crippen molar-refractivity contribution in [2.75, 3.05) is 0 Å². The van der Waals surface area contributed by atoms with Crippen molar-refractivity contribution >= 4 is 21.8 Å². The van der Waals surface area contributed by atoms with E-state index in [9.17, 15) is 4.79 Å². The highest BCUT2D eigenvalue weighted by Crippen LogP contribution is 2.23. The quantitative estimate of drug-likeness (QED) is 0.747. The van der Waals surface area contributed by atoms with Crippen LogP contribution in [-0.4, -0.2) is 16.8 Å². The molecule has 2 nitrogen and oxygen atoms in total. The first-order valence-corrected chi connectivity index (χ1v) is 5.95. The molecule has 0 aromatic heterocycles. The molecule has 0 spiro atoms. The molecule has 1 saturated carbocycles. The van der Waals surface area contributed by atoms with Crippen molar-refractivity contribution in [1.82, 2.24) is 5.32 Å². The summed E-state index contributed by atoms with van der Waals surface area (Å²) in [7, 11) is 0. The van der Waals surface area contributed by atoms with E-state index in [0.717, 1.165) is 18.8 Å². The zero-order chi connectivity index (χ0) is 9.84. The van der Waals surface area contributed by atoms with Crippen molar-refractivity contribution in [1.29, 1.82) is 0 Å². The lowest BCUT2D eigenvalue weighted by atomic mass is 9.87. The van der Waals surface area contributed by atoms with Gasteiger partial charge in [-0.2, -0.15) is 0 Å². The van der Waals surface area contributed by atoms with Crippen LogP contribution >= 0.6 is 15.9 Å². The summed E-state index contributed by atoms with van der Waals surface area (Å²) in [5, 5.41) is 3.05. The highest BCUT2D eigenvalue weighted by molar-refractivity contribution is 9.10. The lowest BCUT2D eigenvalue weighted by molar-refractivity contribution is -0.121. The number of rotatable bonds is 2. The van der Waals surface area contributed by atoms with Crippen molar-refractivity contribution in [2.24, 2.45) is 5.92 Å². The van der Waals surface area contributed by atoms with Crippen LogP contribution in [0.15, 0.2) is 0 Å². The molecule has 1 aliphatic carbocycles. The molecular formula is C10H18BrNO. The number of halogens is 1. The van der Waals surface area contributed by atoms with E-state index in [0.29, 0.717) is 6.04 Å². The number of hydrogen-bond acceptors (Lipinski definition) is 1. The Kier molecular flexibility index (Phi) is 4.23. The molecule has 0 bridgehead atoms. The summed E-state index contributed by atoms with van der Waals surface area (Å²) < 4.78 is 0. The van der Waals surface area contributed by atoms with Gasteiger partial charge in [-0.3, -0.25) is 4.79 Å². The molecule has 0 radical (unpaired) electrons. The van der Waals surface area contributed by atoms with Crippen LogP contribution < -0.4 is 5.32 Å². The Labute approximate surface area is 88.6 Å². The molecule has 3 heteroatoms. The Morgan fingerprint density at radius 1 is 1.38 bits per heavy atom. The molecule has 1 aliphatic rings. The van der Waals surface area contributed by atoms with E-state index < -0.39 is 0 Å². The summed E-state index contributed by atoms with van der Waals surface area (Å²) in [6, 6.07) is 0.420. The summed E-state index contributed by atoms with van der Waals surface area (Å²) in [5.74, 6) is 0.967. The van der Waals surface area contributed by atoms with Gasteiger partial charge in [0.25, 0.3) is 0 Å². The maximum Gasteiger partial charge on any atom is 0.233 e. The Balaban J connectivity index is 2.26. The van der Waals surface area contributed by atoms with Gasteiger partial charge < -0.3 is 5.32 Å². The number of carbonyl (C=O) groups excluding carboxylic acids is 1. The van der Waals surface area contributed by atoms with Gasteiger partial charge in [0.1, 0.15) is 0 Å². The molecule has 0 aromatic rings. The summed E-state index contributed by atoms with van der Waals surface area (Å²) in [6.07, 6.45) is 4.79. The van der Waals surface area contributed by atoms with Crippen LogP contribution in [-0.2, 0) is 4.79 Å². The van der Waals surface area contributed by atoms with E-state index in [2.05, 4.69) is 28.2 Å². The van der Waals surface area contributed by atoms with Gasteiger partial charge in [0, 0.05) is 6.04 Å². The van der Waals surface area contributed by atoms with Crippen LogP contribution in [0, 0.1) is 5.92 Å². The second-order valence-electron chi connectivity index (χ2n) is 4.08. The first kappa shape index (κ1) is 11.0. The SMILES string of the molecule is CC1CCC(NC(=O)C(C)Br)CC1. The fraction of sp³-hybridized carbons (Fsp3) is 0.900. The topological polar surface area (TPSA) is 29.1 Å². The molecule has 0 aromatic carbocycles. The lowest BCUT2D eigenvalue weighted by Gasteiger charge is -2.27. The summed E-state index contributed by atoms with van der Waals surface area (Å²) in [6.45, 7) is 4.14. The third kappa shape index (κ3) is 3.67. The van der Waals surface area contributed by atoms with Crippen LogP contribution in [0.3, 0.4) is 0 Å². The molecule has 1 N–H and O–H groups in total. The van der Waals surface area contributed by atoms with Crippen LogP contribution in [0.2, 0.25) is 0 Å². The van der Waals surface area contributed by atoms with Gasteiger partial charge in [0.05, 0.1) is 4.83 Å². The number of nitrogens with one attached hydrogen (secondary N) is 1. The summed E-state index contributed by atoms with van der Waals surface area (Å²) >= 11 is 3.27. The standard InChI is InChI=1S/C10H18BrNO/c1-7-3-5-9(6-4-7)12-10(13)8(2)11/h7-9H,3-6H2,1-2H3,(H,12,13). The maximum atomic E-state index is 11.3. The van der Waals surface area contributed by atoms with E-state index in [1.54, 1.807) is 0 Å². The Hall–Kier alpha value is -0.0500. The van der Waals surface area contributed by atoms with Gasteiger partial charge in [-0.1, -0.05) is 22.9 Å². The molecule has 0 aliphatic heterocycles. The Morgan fingerprint density at radius 3 is 2.38 bits per heavy atom. The average Bonchev–Trinajstić information content (AvgIpc) is 2.08. The zero-order valence-electron chi connectivity index (χ0n) is 8.35. The normalized spacial score (nSPS) is 31.0. The van der Waals surface area contributed by atoms with Gasteiger partial charge in [-0.05, 0) is 38.5 Å². The molecular weight excluding hydrogens is 230 g/mol. The van der Waals surface area contributed by atoms with E-state index in [-0.39, 0.29) is 10.7 Å². The molecule has 13 heavy (non-hydrogen) atoms. The van der Waals surface area contributed by atoms with E-state index in [1.165, 1.54) is 12.8 Å². The minimum absolute atomic E-state index is 0.0631. The highest BCUT2D eigenvalue weighted by Gasteiger charge is 2.20. The minimum Gasteiger partial charge on any atom is -0.352 e. The molecule has 1 fully saturated rings. The molecule has 0 saturated heterocycles. The molecule has 1 atom stereocenters. The number of hydrogen-bond donors (Lipinski definition) is 1. The number of alkyl halides is 1. The van der Waals surface area contributed by atoms with E-state index >= 15 is 0 Å². The largest absolute Gasteiger partial charge is 0.352 e. The molecule has 0 heterocycles. The highest BCUT2D eigenvalue weighted by atomic mass is 79.9. The maximum absolute atomic E-state index is 11.3. The monoisotopic (exact) mass is 247 g/mol. The fourth-order valence-electron chi connectivity index (χ4n) is 1.72. The second kappa shape index (κ2) is 4.99. The number of carbonyl (C=O) groups is 1. The van der Waals surface area contributed by atoms with Crippen molar-refractivity contribution in [3.8, 4) is 0 Å². The van der Waals surface area contributed by atoms with Gasteiger partial charge in [0.15, 0.2) is 0 Å². The van der Waals surface area contributed by atoms with Crippen LogP contribution in [0.5, 0.6) is 0 Å². The van der Waals surface area contributed by atoms with Crippen molar-refractivity contribution in [2.45, 2.75) is 50.4 Å². The van der Waals surface area contributed by atoms with Crippen LogP contribution in [0.1, 0.15) is 39.5 Å². The predicted molar refractivity (Wildman–Crippen MR) is 58.0 cm³/mol. The smallest absolute Gasteiger partial charge is 0.233 e. The summed E-state index contributed by atoms with van der Waals surface area (Å²) in [5.41, 5.74) is 0. The zero-order valence-corrected chi connectivity index (χ0v) is 9.93. The summed E-state index contributed by atoms with van der Waals surface area (Å²) in [4.78, 5) is 11.3. The third-order valence-corrected chi connectivity index (χ3v) is 3.14. The molecule has 76 valence electrons. The Bertz CT molecular complexity index is 174. The fourth-order valence-corrected chi connectivity index (χ4v) is 1.85. The average molecular weight is 248 g/mol. The van der Waals surface area contributed by atoms with E-state index in [4.69, 9.17) is 0 Å².